The molecule has 20 heavy (non-hydrogen) atoms. The molecular formula is C14H20ClN3OS. The Morgan fingerprint density at radius 3 is 2.75 bits per heavy atom. The van der Waals surface area contributed by atoms with Gasteiger partial charge in [0.2, 0.25) is 0 Å². The maximum Gasteiger partial charge on any atom is 0.270 e. The third-order valence-corrected chi connectivity index (χ3v) is 5.55. The SMILES string of the molecule is O=C(c1cc(Cl)c[nH]1)N1CCN([C@@H]2CCCSC2)CC1. The molecule has 1 atom stereocenters. The predicted octanol–water partition coefficient (Wildman–Crippen LogP) is 2.32. The van der Waals surface area contributed by atoms with Crippen LogP contribution < -0.4 is 0 Å². The molecule has 110 valence electrons. The number of hydrogen-bond donors (Lipinski definition) is 1. The molecule has 1 N–H and O–H groups in total. The lowest BCUT2D eigenvalue weighted by Gasteiger charge is -2.40. The Hall–Kier alpha value is -0.650. The van der Waals surface area contributed by atoms with E-state index in [1.54, 1.807) is 12.3 Å². The first-order valence-corrected chi connectivity index (χ1v) is 8.72. The smallest absolute Gasteiger partial charge is 0.270 e. The minimum atomic E-state index is 0.0644. The fourth-order valence-corrected chi connectivity index (χ4v) is 4.31. The van der Waals surface area contributed by atoms with E-state index in [0.29, 0.717) is 16.8 Å². The van der Waals surface area contributed by atoms with Gasteiger partial charge in [0.05, 0.1) is 5.02 Å². The molecule has 0 radical (unpaired) electrons. The van der Waals surface area contributed by atoms with Crippen LogP contribution in [-0.4, -0.2) is 64.4 Å². The van der Waals surface area contributed by atoms with Crippen molar-refractivity contribution in [2.24, 2.45) is 0 Å². The van der Waals surface area contributed by atoms with Gasteiger partial charge in [-0.15, -0.1) is 0 Å². The highest BCUT2D eigenvalue weighted by atomic mass is 35.5. The summed E-state index contributed by atoms with van der Waals surface area (Å²) in [5, 5.41) is 0.589. The molecule has 2 saturated heterocycles. The lowest BCUT2D eigenvalue weighted by Crippen LogP contribution is -2.53. The number of halogens is 1. The van der Waals surface area contributed by atoms with Crippen LogP contribution in [0.15, 0.2) is 12.3 Å². The lowest BCUT2D eigenvalue weighted by molar-refractivity contribution is 0.0572. The number of aromatic amines is 1. The second-order valence-corrected chi connectivity index (χ2v) is 7.02. The summed E-state index contributed by atoms with van der Waals surface area (Å²) < 4.78 is 0. The highest BCUT2D eigenvalue weighted by molar-refractivity contribution is 7.99. The molecule has 3 rings (SSSR count). The van der Waals surface area contributed by atoms with Gasteiger partial charge in [-0.3, -0.25) is 9.69 Å². The van der Waals surface area contributed by atoms with E-state index in [-0.39, 0.29) is 5.91 Å². The topological polar surface area (TPSA) is 39.3 Å². The molecule has 4 nitrogen and oxygen atoms in total. The van der Waals surface area contributed by atoms with Crippen LogP contribution >= 0.6 is 23.4 Å². The van der Waals surface area contributed by atoms with Crippen LogP contribution in [-0.2, 0) is 0 Å². The summed E-state index contributed by atoms with van der Waals surface area (Å²) in [6.45, 7) is 3.62. The summed E-state index contributed by atoms with van der Waals surface area (Å²) in [5.41, 5.74) is 0.594. The molecule has 3 heterocycles. The van der Waals surface area contributed by atoms with Gasteiger partial charge in [-0.25, -0.2) is 0 Å². The third kappa shape index (κ3) is 3.15. The van der Waals surface area contributed by atoms with E-state index in [1.807, 2.05) is 4.90 Å². The molecule has 0 unspecified atom stereocenters. The molecule has 1 amide bonds. The molecule has 0 spiro atoms. The second-order valence-electron chi connectivity index (χ2n) is 5.43. The normalized spacial score (nSPS) is 24.9. The van der Waals surface area contributed by atoms with Crippen LogP contribution in [0.3, 0.4) is 0 Å². The first-order valence-electron chi connectivity index (χ1n) is 7.19. The zero-order valence-corrected chi connectivity index (χ0v) is 13.1. The molecule has 2 aliphatic heterocycles. The van der Waals surface area contributed by atoms with Crippen LogP contribution in [0.2, 0.25) is 5.02 Å². The first kappa shape index (κ1) is 14.3. The zero-order valence-electron chi connectivity index (χ0n) is 11.5. The highest BCUT2D eigenvalue weighted by Crippen LogP contribution is 2.23. The number of hydrogen-bond acceptors (Lipinski definition) is 3. The van der Waals surface area contributed by atoms with Gasteiger partial charge in [-0.1, -0.05) is 11.6 Å². The summed E-state index contributed by atoms with van der Waals surface area (Å²) in [4.78, 5) is 19.7. The third-order valence-electron chi connectivity index (χ3n) is 4.13. The number of amides is 1. The van der Waals surface area contributed by atoms with E-state index in [9.17, 15) is 4.79 Å². The van der Waals surface area contributed by atoms with Crippen LogP contribution in [0.1, 0.15) is 23.3 Å². The monoisotopic (exact) mass is 313 g/mol. The molecule has 6 heteroatoms. The van der Waals surface area contributed by atoms with Crippen LogP contribution in [0.25, 0.3) is 0 Å². The quantitative estimate of drug-likeness (QED) is 0.911. The largest absolute Gasteiger partial charge is 0.356 e. The van der Waals surface area contributed by atoms with Crippen molar-refractivity contribution in [2.45, 2.75) is 18.9 Å². The van der Waals surface area contributed by atoms with Gasteiger partial charge in [0.25, 0.3) is 5.91 Å². The minimum absolute atomic E-state index is 0.0644. The van der Waals surface area contributed by atoms with Crippen molar-refractivity contribution in [2.75, 3.05) is 37.7 Å². The van der Waals surface area contributed by atoms with Gasteiger partial charge in [-0.2, -0.15) is 11.8 Å². The summed E-state index contributed by atoms with van der Waals surface area (Å²) in [6, 6.07) is 2.42. The van der Waals surface area contributed by atoms with Crippen molar-refractivity contribution in [3.05, 3.63) is 23.0 Å². The maximum atomic E-state index is 12.3. The van der Waals surface area contributed by atoms with E-state index in [0.717, 1.165) is 26.2 Å². The van der Waals surface area contributed by atoms with Gasteiger partial charge < -0.3 is 9.88 Å². The van der Waals surface area contributed by atoms with Gasteiger partial charge >= 0.3 is 0 Å². The van der Waals surface area contributed by atoms with Crippen molar-refractivity contribution in [1.82, 2.24) is 14.8 Å². The Morgan fingerprint density at radius 2 is 2.15 bits per heavy atom. The molecule has 0 aliphatic carbocycles. The van der Waals surface area contributed by atoms with Crippen molar-refractivity contribution in [1.29, 1.82) is 0 Å². The van der Waals surface area contributed by atoms with Crippen LogP contribution in [0, 0.1) is 0 Å². The summed E-state index contributed by atoms with van der Waals surface area (Å²) in [5.74, 6) is 2.62. The Labute approximate surface area is 128 Å². The van der Waals surface area contributed by atoms with Gasteiger partial charge in [0.15, 0.2) is 0 Å². The van der Waals surface area contributed by atoms with Gasteiger partial charge in [0.1, 0.15) is 5.69 Å². The van der Waals surface area contributed by atoms with E-state index in [1.165, 1.54) is 24.3 Å². The van der Waals surface area contributed by atoms with Gasteiger partial charge in [-0.05, 0) is 24.7 Å². The van der Waals surface area contributed by atoms with Crippen molar-refractivity contribution in [3.8, 4) is 0 Å². The molecular weight excluding hydrogens is 294 g/mol. The number of thioether (sulfide) groups is 1. The van der Waals surface area contributed by atoms with E-state index >= 15 is 0 Å². The number of H-pyrrole nitrogens is 1. The van der Waals surface area contributed by atoms with Crippen molar-refractivity contribution >= 4 is 29.3 Å². The average molecular weight is 314 g/mol. The van der Waals surface area contributed by atoms with Crippen molar-refractivity contribution < 1.29 is 4.79 Å². The molecule has 1 aromatic rings. The minimum Gasteiger partial charge on any atom is -0.356 e. The van der Waals surface area contributed by atoms with Gasteiger partial charge in [0, 0.05) is 44.2 Å². The average Bonchev–Trinajstić information content (AvgIpc) is 2.94. The summed E-state index contributed by atoms with van der Waals surface area (Å²) >= 11 is 7.92. The molecule has 2 aliphatic rings. The second kappa shape index (κ2) is 6.41. The molecule has 0 bridgehead atoms. The number of piperazine rings is 1. The van der Waals surface area contributed by atoms with E-state index in [4.69, 9.17) is 11.6 Å². The first-order chi connectivity index (χ1) is 9.74. The highest BCUT2D eigenvalue weighted by Gasteiger charge is 2.27. The Kier molecular flexibility index (Phi) is 4.58. The number of nitrogens with one attached hydrogen (secondary N) is 1. The Morgan fingerprint density at radius 1 is 1.35 bits per heavy atom. The predicted molar refractivity (Wildman–Crippen MR) is 83.6 cm³/mol. The number of rotatable bonds is 2. The van der Waals surface area contributed by atoms with E-state index < -0.39 is 0 Å². The molecule has 0 aromatic carbocycles. The molecule has 2 fully saturated rings. The Balaban J connectivity index is 1.54. The maximum absolute atomic E-state index is 12.3. The lowest BCUT2D eigenvalue weighted by atomic mass is 10.1. The van der Waals surface area contributed by atoms with Crippen LogP contribution in [0.4, 0.5) is 0 Å². The number of carbonyl (C=O) groups is 1. The number of nitrogens with zero attached hydrogens (tertiary/aromatic N) is 2. The van der Waals surface area contributed by atoms with Crippen molar-refractivity contribution in [3.63, 3.8) is 0 Å². The fraction of sp³-hybridized carbons (Fsp3) is 0.643. The fourth-order valence-electron chi connectivity index (χ4n) is 2.96. The van der Waals surface area contributed by atoms with Crippen LogP contribution in [0.5, 0.6) is 0 Å². The molecule has 0 saturated carbocycles. The number of aromatic nitrogens is 1. The number of carbonyl (C=O) groups excluding carboxylic acids is 1. The summed E-state index contributed by atoms with van der Waals surface area (Å²) in [6.07, 6.45) is 4.30. The Bertz CT molecular complexity index is 465. The van der Waals surface area contributed by atoms with E-state index in [2.05, 4.69) is 21.6 Å². The zero-order chi connectivity index (χ0) is 13.9. The summed E-state index contributed by atoms with van der Waals surface area (Å²) in [7, 11) is 0. The molecule has 1 aromatic heterocycles. The standard InChI is InChI=1S/C14H20ClN3OS/c15-11-8-13(16-9-11)14(19)18-5-3-17(4-6-18)12-2-1-7-20-10-12/h8-9,12,16H,1-7,10H2/t12-/m1/s1.